The van der Waals surface area contributed by atoms with Gasteiger partial charge >= 0.3 is 5.97 Å². The molecule has 24 heavy (non-hydrogen) atoms. The molecule has 6 nitrogen and oxygen atoms in total. The quantitative estimate of drug-likeness (QED) is 0.370. The summed E-state index contributed by atoms with van der Waals surface area (Å²) in [6.07, 6.45) is 1.87. The van der Waals surface area contributed by atoms with Gasteiger partial charge in [-0.2, -0.15) is 0 Å². The first-order chi connectivity index (χ1) is 11.5. The average Bonchev–Trinajstić information content (AvgIpc) is 2.55. The molecular formula is C17H19N3O3S. The largest absolute Gasteiger partial charge is 0.462 e. The summed E-state index contributed by atoms with van der Waals surface area (Å²) < 4.78 is 5.10. The van der Waals surface area contributed by atoms with Crippen LogP contribution in [0.2, 0.25) is 0 Å². The number of anilines is 2. The van der Waals surface area contributed by atoms with Gasteiger partial charge in [0.1, 0.15) is 11.4 Å². The monoisotopic (exact) mass is 345 g/mol. The Morgan fingerprint density at radius 1 is 1.21 bits per heavy atom. The van der Waals surface area contributed by atoms with Gasteiger partial charge in [-0.1, -0.05) is 11.8 Å². The number of hydrogen-bond donors (Lipinski definition) is 1. The van der Waals surface area contributed by atoms with Crippen LogP contribution in [-0.4, -0.2) is 34.6 Å². The molecule has 0 aliphatic heterocycles. The van der Waals surface area contributed by atoms with Crippen LogP contribution >= 0.6 is 11.8 Å². The number of carbonyl (C=O) groups excluding carboxylic acids is 2. The zero-order valence-electron chi connectivity index (χ0n) is 14.0. The third kappa shape index (κ3) is 4.11. The van der Waals surface area contributed by atoms with Crippen LogP contribution in [0.1, 0.15) is 40.3 Å². The van der Waals surface area contributed by atoms with Gasteiger partial charge in [-0.25, -0.2) is 14.8 Å². The predicted octanol–water partition coefficient (Wildman–Crippen LogP) is 3.63. The molecule has 0 amide bonds. The van der Waals surface area contributed by atoms with Gasteiger partial charge in [0.25, 0.3) is 0 Å². The molecule has 0 atom stereocenters. The highest BCUT2D eigenvalue weighted by atomic mass is 32.2. The normalized spacial score (nSPS) is 10.3. The Morgan fingerprint density at radius 3 is 2.42 bits per heavy atom. The fraction of sp³-hybridized carbons (Fsp3) is 0.294. The van der Waals surface area contributed by atoms with Gasteiger partial charge in [0, 0.05) is 11.3 Å². The second kappa shape index (κ2) is 7.92. The van der Waals surface area contributed by atoms with E-state index in [1.165, 1.54) is 18.7 Å². The number of benzene rings is 1. The number of carbonyl (C=O) groups is 2. The second-order valence-corrected chi connectivity index (χ2v) is 5.77. The fourth-order valence-electron chi connectivity index (χ4n) is 2.10. The maximum Gasteiger partial charge on any atom is 0.343 e. The van der Waals surface area contributed by atoms with Gasteiger partial charge in [-0.05, 0) is 51.3 Å². The molecule has 0 unspecified atom stereocenters. The number of ketones is 1. The predicted molar refractivity (Wildman–Crippen MR) is 94.2 cm³/mol. The molecule has 0 bridgehead atoms. The Balaban J connectivity index is 2.41. The van der Waals surface area contributed by atoms with E-state index >= 15 is 0 Å². The van der Waals surface area contributed by atoms with Gasteiger partial charge in [0.05, 0.1) is 12.3 Å². The van der Waals surface area contributed by atoms with Crippen LogP contribution < -0.4 is 5.32 Å². The number of rotatable bonds is 6. The first kappa shape index (κ1) is 17.9. The molecule has 126 valence electrons. The van der Waals surface area contributed by atoms with Gasteiger partial charge in [0.2, 0.25) is 0 Å². The molecule has 0 radical (unpaired) electrons. The van der Waals surface area contributed by atoms with Crippen LogP contribution in [0.25, 0.3) is 0 Å². The summed E-state index contributed by atoms with van der Waals surface area (Å²) in [6, 6.07) is 6.97. The lowest BCUT2D eigenvalue weighted by Crippen LogP contribution is -2.13. The minimum atomic E-state index is -0.467. The molecular weight excluding hydrogens is 326 g/mol. The maximum atomic E-state index is 12.2. The van der Waals surface area contributed by atoms with E-state index in [0.29, 0.717) is 27.8 Å². The van der Waals surface area contributed by atoms with Crippen LogP contribution in [0.4, 0.5) is 11.5 Å². The Morgan fingerprint density at radius 2 is 1.88 bits per heavy atom. The summed E-state index contributed by atoms with van der Waals surface area (Å²) in [6.45, 7) is 5.28. The molecule has 0 aliphatic rings. The van der Waals surface area contributed by atoms with E-state index in [9.17, 15) is 9.59 Å². The molecule has 0 aliphatic carbocycles. The van der Waals surface area contributed by atoms with Crippen molar-refractivity contribution in [2.24, 2.45) is 0 Å². The summed E-state index contributed by atoms with van der Waals surface area (Å²) in [5.74, 6) is -0.0808. The van der Waals surface area contributed by atoms with Crippen molar-refractivity contribution in [1.82, 2.24) is 9.97 Å². The Labute approximate surface area is 145 Å². The first-order valence-electron chi connectivity index (χ1n) is 7.44. The van der Waals surface area contributed by atoms with Crippen molar-refractivity contribution in [2.75, 3.05) is 18.2 Å². The fourth-order valence-corrected chi connectivity index (χ4v) is 2.51. The summed E-state index contributed by atoms with van der Waals surface area (Å²) in [4.78, 5) is 32.3. The number of hydrogen-bond acceptors (Lipinski definition) is 7. The number of aryl methyl sites for hydroxylation is 1. The minimum Gasteiger partial charge on any atom is -0.462 e. The van der Waals surface area contributed by atoms with Crippen LogP contribution in [0.15, 0.2) is 29.4 Å². The zero-order valence-corrected chi connectivity index (χ0v) is 14.9. The molecule has 0 saturated carbocycles. The number of Topliss-reactive ketones (excluding diaryl/α,β-unsaturated/α-hetero) is 1. The van der Waals surface area contributed by atoms with Crippen molar-refractivity contribution >= 4 is 35.0 Å². The van der Waals surface area contributed by atoms with Gasteiger partial charge < -0.3 is 10.1 Å². The molecule has 2 rings (SSSR count). The lowest BCUT2D eigenvalue weighted by molar-refractivity contribution is 0.0525. The van der Waals surface area contributed by atoms with Crippen LogP contribution in [0.5, 0.6) is 0 Å². The third-order valence-electron chi connectivity index (χ3n) is 3.29. The van der Waals surface area contributed by atoms with Crippen LogP contribution in [0, 0.1) is 6.92 Å². The number of ether oxygens (including phenoxy) is 1. The Bertz CT molecular complexity index is 760. The van der Waals surface area contributed by atoms with Crippen molar-refractivity contribution in [3.05, 3.63) is 41.1 Å². The Kier molecular flexibility index (Phi) is 5.92. The number of nitrogens with one attached hydrogen (secondary N) is 1. The lowest BCUT2D eigenvalue weighted by atomic mass is 10.1. The van der Waals surface area contributed by atoms with Crippen molar-refractivity contribution in [1.29, 1.82) is 0 Å². The molecule has 7 heteroatoms. The van der Waals surface area contributed by atoms with E-state index in [2.05, 4.69) is 15.3 Å². The molecule has 0 saturated heterocycles. The van der Waals surface area contributed by atoms with Gasteiger partial charge in [-0.3, -0.25) is 4.79 Å². The number of esters is 1. The van der Waals surface area contributed by atoms with Crippen molar-refractivity contribution in [3.63, 3.8) is 0 Å². The van der Waals surface area contributed by atoms with Gasteiger partial charge in [-0.15, -0.1) is 0 Å². The highest BCUT2D eigenvalue weighted by Crippen LogP contribution is 2.25. The summed E-state index contributed by atoms with van der Waals surface area (Å²) in [5.41, 5.74) is 2.20. The topological polar surface area (TPSA) is 81.2 Å². The average molecular weight is 345 g/mol. The van der Waals surface area contributed by atoms with Crippen molar-refractivity contribution < 1.29 is 14.3 Å². The van der Waals surface area contributed by atoms with Crippen molar-refractivity contribution in [2.45, 2.75) is 25.9 Å². The highest BCUT2D eigenvalue weighted by Gasteiger charge is 2.20. The van der Waals surface area contributed by atoms with Crippen LogP contribution in [-0.2, 0) is 4.74 Å². The minimum absolute atomic E-state index is 0.00341. The maximum absolute atomic E-state index is 12.2. The lowest BCUT2D eigenvalue weighted by Gasteiger charge is -2.13. The van der Waals surface area contributed by atoms with E-state index in [-0.39, 0.29) is 12.4 Å². The summed E-state index contributed by atoms with van der Waals surface area (Å²) in [5, 5.41) is 3.68. The smallest absolute Gasteiger partial charge is 0.343 e. The van der Waals surface area contributed by atoms with E-state index < -0.39 is 5.97 Å². The molecule has 0 spiro atoms. The molecule has 1 heterocycles. The van der Waals surface area contributed by atoms with Crippen molar-refractivity contribution in [3.8, 4) is 0 Å². The molecule has 0 fully saturated rings. The standard InChI is InChI=1S/C17H19N3O3S/c1-5-23-16(22)14-10(2)18-17(24-4)20-15(14)19-13-8-6-12(7-9-13)11(3)21/h6-9H,5H2,1-4H3,(H,18,19,20). The highest BCUT2D eigenvalue weighted by molar-refractivity contribution is 7.98. The number of nitrogens with zero attached hydrogens (tertiary/aromatic N) is 2. The first-order valence-corrected chi connectivity index (χ1v) is 8.66. The number of aromatic nitrogens is 2. The third-order valence-corrected chi connectivity index (χ3v) is 3.83. The SMILES string of the molecule is CCOC(=O)c1c(C)nc(SC)nc1Nc1ccc(C(C)=O)cc1. The molecule has 2 aromatic rings. The van der Waals surface area contributed by atoms with E-state index in [1.54, 1.807) is 38.1 Å². The molecule has 1 N–H and O–H groups in total. The van der Waals surface area contributed by atoms with Gasteiger partial charge in [0.15, 0.2) is 10.9 Å². The molecule has 1 aromatic carbocycles. The van der Waals surface area contributed by atoms with E-state index in [0.717, 1.165) is 5.69 Å². The van der Waals surface area contributed by atoms with E-state index in [4.69, 9.17) is 4.74 Å². The van der Waals surface area contributed by atoms with Crippen LogP contribution in [0.3, 0.4) is 0 Å². The molecule has 1 aromatic heterocycles. The second-order valence-electron chi connectivity index (χ2n) is 5.00. The Hall–Kier alpha value is -2.41. The zero-order chi connectivity index (χ0) is 17.7. The number of thioether (sulfide) groups is 1. The summed E-state index contributed by atoms with van der Waals surface area (Å²) >= 11 is 1.39. The summed E-state index contributed by atoms with van der Waals surface area (Å²) in [7, 11) is 0. The van der Waals surface area contributed by atoms with E-state index in [1.807, 2.05) is 6.26 Å².